The molecule has 0 aliphatic carbocycles. The number of aromatic nitrogens is 1. The molecular formula is C25H29F5N4O2S. The van der Waals surface area contributed by atoms with Gasteiger partial charge in [0.15, 0.2) is 0 Å². The van der Waals surface area contributed by atoms with Crippen molar-refractivity contribution in [3.63, 3.8) is 0 Å². The number of nitrogens with zero attached hydrogens (tertiary/aromatic N) is 3. The summed E-state index contributed by atoms with van der Waals surface area (Å²) in [4.78, 5) is 18.9. The van der Waals surface area contributed by atoms with Crippen molar-refractivity contribution in [3.05, 3.63) is 59.4 Å². The van der Waals surface area contributed by atoms with Gasteiger partial charge in [-0.25, -0.2) is 17.3 Å². The number of hydrogen-bond donors (Lipinski definition) is 1. The van der Waals surface area contributed by atoms with Crippen molar-refractivity contribution in [2.75, 3.05) is 19.6 Å². The molecule has 2 aliphatic heterocycles. The Morgan fingerprint density at radius 2 is 1.78 bits per heavy atom. The SMILES string of the molecule is C[C@H]1CC[C@@H](C(=O)NCc2cc(C3CCN(CC(F)(F)F)CC3)ncc2F)N1S(=O)c1ccc(F)cc1. The van der Waals surface area contributed by atoms with Crippen molar-refractivity contribution in [3.8, 4) is 0 Å². The Bertz CT molecular complexity index is 1120. The maximum Gasteiger partial charge on any atom is 0.401 e. The Hall–Kier alpha value is -2.44. The molecule has 0 radical (unpaired) electrons. The summed E-state index contributed by atoms with van der Waals surface area (Å²) < 4.78 is 80.4. The predicted molar refractivity (Wildman–Crippen MR) is 128 cm³/mol. The number of likely N-dealkylation sites (tertiary alicyclic amines) is 1. The Morgan fingerprint density at radius 1 is 1.11 bits per heavy atom. The molecule has 6 nitrogen and oxygen atoms in total. The summed E-state index contributed by atoms with van der Waals surface area (Å²) in [6.45, 7) is 1.36. The number of amides is 1. The summed E-state index contributed by atoms with van der Waals surface area (Å²) in [5.74, 6) is -1.53. The third kappa shape index (κ3) is 6.91. The van der Waals surface area contributed by atoms with Gasteiger partial charge in [-0.3, -0.25) is 14.7 Å². The first-order valence-corrected chi connectivity index (χ1v) is 13.3. The summed E-state index contributed by atoms with van der Waals surface area (Å²) in [7, 11) is -1.67. The molecule has 0 bridgehead atoms. The molecule has 2 fully saturated rings. The van der Waals surface area contributed by atoms with Gasteiger partial charge >= 0.3 is 6.18 Å². The number of hydrogen-bond acceptors (Lipinski definition) is 4. The molecule has 1 unspecified atom stereocenters. The van der Waals surface area contributed by atoms with Gasteiger partial charge in [0.2, 0.25) is 5.91 Å². The minimum atomic E-state index is -4.25. The lowest BCUT2D eigenvalue weighted by molar-refractivity contribution is -0.148. The van der Waals surface area contributed by atoms with Crippen LogP contribution in [0.25, 0.3) is 0 Å². The topological polar surface area (TPSA) is 65.5 Å². The first-order chi connectivity index (χ1) is 17.5. The highest BCUT2D eigenvalue weighted by Crippen LogP contribution is 2.31. The summed E-state index contributed by atoms with van der Waals surface area (Å²) in [6, 6.07) is 6.00. The number of rotatable bonds is 7. The van der Waals surface area contributed by atoms with Crippen molar-refractivity contribution < 1.29 is 31.0 Å². The van der Waals surface area contributed by atoms with Gasteiger partial charge in [0.1, 0.15) is 28.7 Å². The standard InChI is InChI=1S/C25H29F5N4O2S/c1-16-2-7-23(34(16)37(36)20-5-3-19(26)4-6-20)24(35)32-13-18-12-22(31-14-21(18)27)17-8-10-33(11-9-17)15-25(28,29)30/h3-6,12,14,16-17,23H,2,7-11,13,15H2,1H3,(H,32,35)/t16-,23-,37?/m0/s1. The van der Waals surface area contributed by atoms with E-state index in [-0.39, 0.29) is 37.2 Å². The Balaban J connectivity index is 1.38. The predicted octanol–water partition coefficient (Wildman–Crippen LogP) is 4.29. The number of carbonyl (C=O) groups excluding carboxylic acids is 1. The van der Waals surface area contributed by atoms with E-state index in [1.807, 2.05) is 6.92 Å². The van der Waals surface area contributed by atoms with Crippen LogP contribution in [0.4, 0.5) is 22.0 Å². The smallest absolute Gasteiger partial charge is 0.351 e. The van der Waals surface area contributed by atoms with Crippen LogP contribution in [0.5, 0.6) is 0 Å². The van der Waals surface area contributed by atoms with E-state index in [4.69, 9.17) is 0 Å². The van der Waals surface area contributed by atoms with Gasteiger partial charge in [-0.05, 0) is 76.0 Å². The Morgan fingerprint density at radius 3 is 2.43 bits per heavy atom. The number of piperidine rings is 1. The first kappa shape index (κ1) is 27.6. The number of alkyl halides is 3. The van der Waals surface area contributed by atoms with E-state index in [9.17, 15) is 31.0 Å². The van der Waals surface area contributed by atoms with Gasteiger partial charge in [0.25, 0.3) is 0 Å². The maximum atomic E-state index is 14.5. The van der Waals surface area contributed by atoms with E-state index in [0.29, 0.717) is 36.3 Å². The molecule has 1 aromatic carbocycles. The number of halogens is 5. The zero-order chi connectivity index (χ0) is 26.7. The average molecular weight is 545 g/mol. The average Bonchev–Trinajstić information content (AvgIpc) is 3.24. The summed E-state index contributed by atoms with van der Waals surface area (Å²) in [5.41, 5.74) is 0.819. The molecule has 2 saturated heterocycles. The molecular weight excluding hydrogens is 515 g/mol. The molecule has 0 saturated carbocycles. The monoisotopic (exact) mass is 544 g/mol. The lowest BCUT2D eigenvalue weighted by Gasteiger charge is -2.32. The van der Waals surface area contributed by atoms with Gasteiger partial charge in [-0.15, -0.1) is 0 Å². The van der Waals surface area contributed by atoms with Crippen LogP contribution in [-0.2, 0) is 22.3 Å². The molecule has 1 aromatic heterocycles. The molecule has 4 rings (SSSR count). The van der Waals surface area contributed by atoms with Gasteiger partial charge in [-0.2, -0.15) is 13.2 Å². The van der Waals surface area contributed by atoms with E-state index in [1.165, 1.54) is 29.2 Å². The van der Waals surface area contributed by atoms with Crippen molar-refractivity contribution in [2.24, 2.45) is 0 Å². The zero-order valence-electron chi connectivity index (χ0n) is 20.3. The van der Waals surface area contributed by atoms with Crippen molar-refractivity contribution in [1.29, 1.82) is 0 Å². The minimum Gasteiger partial charge on any atom is -0.351 e. The second-order valence-corrected chi connectivity index (χ2v) is 11.0. The number of benzene rings is 1. The van der Waals surface area contributed by atoms with E-state index >= 15 is 0 Å². The molecule has 202 valence electrons. The van der Waals surface area contributed by atoms with Crippen molar-refractivity contribution >= 4 is 16.9 Å². The van der Waals surface area contributed by atoms with E-state index in [0.717, 1.165) is 6.20 Å². The number of nitrogens with one attached hydrogen (secondary N) is 1. The fourth-order valence-corrected chi connectivity index (χ4v) is 6.43. The third-order valence-electron chi connectivity index (χ3n) is 6.93. The highest BCUT2D eigenvalue weighted by Gasteiger charge is 2.39. The van der Waals surface area contributed by atoms with E-state index < -0.39 is 47.3 Å². The molecule has 12 heteroatoms. The summed E-state index contributed by atoms with van der Waals surface area (Å²) >= 11 is 0. The summed E-state index contributed by atoms with van der Waals surface area (Å²) in [5, 5.41) is 2.73. The fourth-order valence-electron chi connectivity index (χ4n) is 4.96. The van der Waals surface area contributed by atoms with Crippen LogP contribution in [0.2, 0.25) is 0 Å². The number of carbonyl (C=O) groups is 1. The molecule has 1 amide bonds. The van der Waals surface area contributed by atoms with Crippen LogP contribution in [0.1, 0.15) is 49.8 Å². The summed E-state index contributed by atoms with van der Waals surface area (Å²) in [6.07, 6.45) is -1.10. The van der Waals surface area contributed by atoms with Crippen LogP contribution in [0.3, 0.4) is 0 Å². The lowest BCUT2D eigenvalue weighted by atomic mass is 9.92. The zero-order valence-corrected chi connectivity index (χ0v) is 21.1. The minimum absolute atomic E-state index is 0.0937. The van der Waals surface area contributed by atoms with Crippen molar-refractivity contribution in [2.45, 2.75) is 68.2 Å². The molecule has 3 atom stereocenters. The van der Waals surface area contributed by atoms with Gasteiger partial charge in [0.05, 0.1) is 17.6 Å². The second kappa shape index (κ2) is 11.5. The molecule has 0 spiro atoms. The molecule has 37 heavy (non-hydrogen) atoms. The van der Waals surface area contributed by atoms with Crippen LogP contribution in [0.15, 0.2) is 41.4 Å². The highest BCUT2D eigenvalue weighted by molar-refractivity contribution is 7.82. The van der Waals surface area contributed by atoms with Crippen molar-refractivity contribution in [1.82, 2.24) is 19.5 Å². The largest absolute Gasteiger partial charge is 0.401 e. The van der Waals surface area contributed by atoms with E-state index in [1.54, 1.807) is 10.4 Å². The van der Waals surface area contributed by atoms with E-state index in [2.05, 4.69) is 10.3 Å². The first-order valence-electron chi connectivity index (χ1n) is 12.2. The quantitative estimate of drug-likeness (QED) is 0.529. The molecule has 3 heterocycles. The fraction of sp³-hybridized carbons (Fsp3) is 0.520. The Kier molecular flexibility index (Phi) is 8.59. The van der Waals surface area contributed by atoms with Gasteiger partial charge in [0, 0.05) is 29.8 Å². The normalized spacial score (nSPS) is 22.8. The lowest BCUT2D eigenvalue weighted by Crippen LogP contribution is -2.46. The van der Waals surface area contributed by atoms with Gasteiger partial charge in [-0.1, -0.05) is 0 Å². The van der Waals surface area contributed by atoms with Crippen LogP contribution in [-0.4, -0.2) is 62.2 Å². The number of pyridine rings is 1. The van der Waals surface area contributed by atoms with Gasteiger partial charge < -0.3 is 5.32 Å². The van der Waals surface area contributed by atoms with Crippen LogP contribution < -0.4 is 5.32 Å². The van der Waals surface area contributed by atoms with Crippen LogP contribution >= 0.6 is 0 Å². The third-order valence-corrected chi connectivity index (χ3v) is 8.60. The maximum absolute atomic E-state index is 14.5. The highest BCUT2D eigenvalue weighted by atomic mass is 32.2. The Labute approximate surface area is 214 Å². The molecule has 2 aromatic rings. The molecule has 2 aliphatic rings. The molecule has 1 N–H and O–H groups in total. The second-order valence-electron chi connectivity index (χ2n) is 9.59. The van der Waals surface area contributed by atoms with Crippen LogP contribution in [0, 0.1) is 11.6 Å².